The lowest BCUT2D eigenvalue weighted by Crippen LogP contribution is -2.46. The van der Waals surface area contributed by atoms with Crippen molar-refractivity contribution in [1.82, 2.24) is 9.80 Å². The topological polar surface area (TPSA) is 23.6 Å². The Labute approximate surface area is 89.5 Å². The Hall–Kier alpha value is -0.900. The number of hydrogen-bond donors (Lipinski definition) is 0. The quantitative estimate of drug-likeness (QED) is 0.651. The number of rotatable bonds is 1. The smallest absolute Gasteiger partial charge is 0.240 e. The Balaban J connectivity index is 1.98. The van der Waals surface area contributed by atoms with Gasteiger partial charge in [0, 0.05) is 6.54 Å². The molecule has 1 unspecified atom stereocenters. The van der Waals surface area contributed by atoms with Gasteiger partial charge in [-0.2, -0.15) is 0 Å². The van der Waals surface area contributed by atoms with Crippen LogP contribution in [0.1, 0.15) is 19.3 Å². The first kappa shape index (κ1) is 10.6. The fourth-order valence-electron chi connectivity index (χ4n) is 2.32. The van der Waals surface area contributed by atoms with Crippen molar-refractivity contribution in [1.29, 1.82) is 0 Å². The van der Waals surface area contributed by atoms with Gasteiger partial charge in [-0.1, -0.05) is 0 Å². The van der Waals surface area contributed by atoms with Crippen LogP contribution in [0.2, 0.25) is 0 Å². The summed E-state index contributed by atoms with van der Waals surface area (Å²) in [6, 6.07) is -0.0177. The molecule has 0 aromatic carbocycles. The van der Waals surface area contributed by atoms with E-state index >= 15 is 0 Å². The van der Waals surface area contributed by atoms with E-state index < -0.39 is 0 Å². The van der Waals surface area contributed by atoms with Crippen molar-refractivity contribution in [3.05, 3.63) is 11.9 Å². The lowest BCUT2D eigenvalue weighted by atomic mass is 10.1. The average Bonchev–Trinajstić information content (AvgIpc) is 2.63. The van der Waals surface area contributed by atoms with Gasteiger partial charge >= 0.3 is 0 Å². The monoisotopic (exact) mass is 212 g/mol. The van der Waals surface area contributed by atoms with Crippen LogP contribution in [0.3, 0.4) is 0 Å². The largest absolute Gasteiger partial charge is 0.334 e. The van der Waals surface area contributed by atoms with Crippen LogP contribution in [-0.2, 0) is 4.79 Å². The van der Waals surface area contributed by atoms with E-state index in [2.05, 4.69) is 4.90 Å². The van der Waals surface area contributed by atoms with Gasteiger partial charge in [0.05, 0.1) is 12.6 Å². The molecular formula is C11H17FN2O. The Morgan fingerprint density at radius 3 is 2.93 bits per heavy atom. The van der Waals surface area contributed by atoms with Crippen molar-refractivity contribution >= 4 is 5.91 Å². The van der Waals surface area contributed by atoms with Crippen LogP contribution in [0.15, 0.2) is 11.9 Å². The molecule has 0 aromatic rings. The van der Waals surface area contributed by atoms with Gasteiger partial charge in [-0.3, -0.25) is 9.69 Å². The van der Waals surface area contributed by atoms with Crippen LogP contribution in [0.4, 0.5) is 4.39 Å². The first-order valence-corrected chi connectivity index (χ1v) is 5.52. The third kappa shape index (κ3) is 2.20. The zero-order valence-electron chi connectivity index (χ0n) is 9.08. The van der Waals surface area contributed by atoms with E-state index in [9.17, 15) is 9.18 Å². The molecule has 1 fully saturated rings. The Kier molecular flexibility index (Phi) is 3.05. The van der Waals surface area contributed by atoms with E-state index in [0.29, 0.717) is 13.0 Å². The summed E-state index contributed by atoms with van der Waals surface area (Å²) in [4.78, 5) is 15.8. The Morgan fingerprint density at radius 2 is 2.33 bits per heavy atom. The molecule has 1 atom stereocenters. The molecule has 2 rings (SSSR count). The molecule has 0 saturated carbocycles. The molecule has 0 N–H and O–H groups in total. The maximum atomic E-state index is 13.0. The third-order valence-electron chi connectivity index (χ3n) is 3.22. The van der Waals surface area contributed by atoms with Gasteiger partial charge in [-0.15, -0.1) is 0 Å². The highest BCUT2D eigenvalue weighted by atomic mass is 19.1. The van der Waals surface area contributed by atoms with E-state index in [1.165, 1.54) is 0 Å². The van der Waals surface area contributed by atoms with Crippen LogP contribution >= 0.6 is 0 Å². The minimum Gasteiger partial charge on any atom is -0.334 e. The zero-order valence-corrected chi connectivity index (χ0v) is 9.08. The molecule has 1 amide bonds. The van der Waals surface area contributed by atoms with Crippen LogP contribution in [0.5, 0.6) is 0 Å². The molecule has 0 aliphatic carbocycles. The second-order valence-corrected chi connectivity index (χ2v) is 4.34. The lowest BCUT2D eigenvalue weighted by molar-refractivity contribution is -0.135. The van der Waals surface area contributed by atoms with Crippen molar-refractivity contribution < 1.29 is 9.18 Å². The number of likely N-dealkylation sites (tertiary alicyclic amines) is 1. The van der Waals surface area contributed by atoms with Gasteiger partial charge in [0.15, 0.2) is 0 Å². The molecule has 1 saturated heterocycles. The molecule has 0 radical (unpaired) electrons. The van der Waals surface area contributed by atoms with Crippen molar-refractivity contribution in [3.8, 4) is 0 Å². The summed E-state index contributed by atoms with van der Waals surface area (Å²) in [5.41, 5.74) is 0. The molecule has 15 heavy (non-hydrogen) atoms. The van der Waals surface area contributed by atoms with Crippen molar-refractivity contribution in [2.75, 3.05) is 26.7 Å². The Bertz CT molecular complexity index is 290. The molecule has 0 spiro atoms. The molecule has 84 valence electrons. The summed E-state index contributed by atoms with van der Waals surface area (Å²) >= 11 is 0. The van der Waals surface area contributed by atoms with Crippen molar-refractivity contribution in [3.63, 3.8) is 0 Å². The number of carbonyl (C=O) groups is 1. The summed E-state index contributed by atoms with van der Waals surface area (Å²) in [6.07, 6.45) is 4.20. The molecule has 0 bridgehead atoms. The average molecular weight is 212 g/mol. The first-order chi connectivity index (χ1) is 7.18. The Morgan fingerprint density at radius 1 is 1.53 bits per heavy atom. The SMILES string of the molecule is CN1CCCC1C(=O)N1CCC=C(F)C1. The fraction of sp³-hybridized carbons (Fsp3) is 0.727. The van der Waals surface area contributed by atoms with Gasteiger partial charge in [0.25, 0.3) is 0 Å². The number of likely N-dealkylation sites (N-methyl/N-ethyl adjacent to an activating group) is 1. The highest BCUT2D eigenvalue weighted by Gasteiger charge is 2.32. The van der Waals surface area contributed by atoms with Crippen molar-refractivity contribution in [2.24, 2.45) is 0 Å². The minimum absolute atomic E-state index is 0.0177. The van der Waals surface area contributed by atoms with E-state index in [1.807, 2.05) is 7.05 Å². The minimum atomic E-state index is -0.171. The molecular weight excluding hydrogens is 195 g/mol. The van der Waals surface area contributed by atoms with Gasteiger partial charge in [0.2, 0.25) is 5.91 Å². The predicted molar refractivity (Wildman–Crippen MR) is 56.0 cm³/mol. The van der Waals surface area contributed by atoms with Crippen LogP contribution < -0.4 is 0 Å². The van der Waals surface area contributed by atoms with Gasteiger partial charge in [-0.05, 0) is 38.9 Å². The van der Waals surface area contributed by atoms with E-state index in [4.69, 9.17) is 0 Å². The molecule has 4 heteroatoms. The van der Waals surface area contributed by atoms with Crippen LogP contribution in [-0.4, -0.2) is 48.4 Å². The maximum absolute atomic E-state index is 13.0. The second-order valence-electron chi connectivity index (χ2n) is 4.34. The highest BCUT2D eigenvalue weighted by molar-refractivity contribution is 5.82. The first-order valence-electron chi connectivity index (χ1n) is 5.52. The number of halogens is 1. The lowest BCUT2D eigenvalue weighted by Gasteiger charge is -2.29. The summed E-state index contributed by atoms with van der Waals surface area (Å²) in [7, 11) is 1.96. The third-order valence-corrected chi connectivity index (χ3v) is 3.22. The van der Waals surface area contributed by atoms with E-state index in [-0.39, 0.29) is 24.3 Å². The zero-order chi connectivity index (χ0) is 10.8. The van der Waals surface area contributed by atoms with E-state index in [0.717, 1.165) is 19.4 Å². The summed E-state index contributed by atoms with van der Waals surface area (Å²) in [5, 5.41) is 0. The number of hydrogen-bond acceptors (Lipinski definition) is 2. The maximum Gasteiger partial charge on any atom is 0.240 e. The van der Waals surface area contributed by atoms with Gasteiger partial charge in [0.1, 0.15) is 5.83 Å². The molecule has 2 heterocycles. The van der Waals surface area contributed by atoms with E-state index in [1.54, 1.807) is 11.0 Å². The number of amides is 1. The van der Waals surface area contributed by atoms with Crippen LogP contribution in [0.25, 0.3) is 0 Å². The van der Waals surface area contributed by atoms with Gasteiger partial charge < -0.3 is 4.90 Å². The number of nitrogens with zero attached hydrogens (tertiary/aromatic N) is 2. The summed E-state index contributed by atoms with van der Waals surface area (Å²) in [5.74, 6) is -0.0755. The number of carbonyl (C=O) groups excluding carboxylic acids is 1. The summed E-state index contributed by atoms with van der Waals surface area (Å²) in [6.45, 7) is 1.81. The summed E-state index contributed by atoms with van der Waals surface area (Å²) < 4.78 is 13.0. The van der Waals surface area contributed by atoms with Crippen LogP contribution in [0, 0.1) is 0 Å². The second kappa shape index (κ2) is 4.31. The molecule has 0 aromatic heterocycles. The normalized spacial score (nSPS) is 28.0. The predicted octanol–water partition coefficient (Wildman–Crippen LogP) is 1.17. The molecule has 2 aliphatic heterocycles. The van der Waals surface area contributed by atoms with Crippen molar-refractivity contribution in [2.45, 2.75) is 25.3 Å². The highest BCUT2D eigenvalue weighted by Crippen LogP contribution is 2.19. The molecule has 2 aliphatic rings. The van der Waals surface area contributed by atoms with Gasteiger partial charge in [-0.25, -0.2) is 4.39 Å². The standard InChI is InChI=1S/C11H17FN2O/c1-13-6-3-5-10(13)11(15)14-7-2-4-9(12)8-14/h4,10H,2-3,5-8H2,1H3. The fourth-order valence-corrected chi connectivity index (χ4v) is 2.32. The molecule has 3 nitrogen and oxygen atoms in total.